The third-order valence-electron chi connectivity index (χ3n) is 2.86. The zero-order valence-corrected chi connectivity index (χ0v) is 10.8. The van der Waals surface area contributed by atoms with Gasteiger partial charge in [-0.15, -0.1) is 0 Å². The van der Waals surface area contributed by atoms with Gasteiger partial charge in [0.15, 0.2) is 0 Å². The molecule has 110 valence electrons. The van der Waals surface area contributed by atoms with E-state index in [9.17, 15) is 23.4 Å². The first-order chi connectivity index (χ1) is 9.31. The number of hydrogen-bond acceptors (Lipinski definition) is 4. The number of rotatable bonds is 5. The standard InChI is InChI=1S/C13H15F3N2O2/c1-18-5-4-11(19)12(20)9-3-2-8(7-17)6-10(9)13(14,15)16/h2-3,6,11-12,18-20H,4-5H2,1H3. The van der Waals surface area contributed by atoms with E-state index in [0.717, 1.165) is 6.07 Å². The van der Waals surface area contributed by atoms with Crippen LogP contribution in [0.5, 0.6) is 0 Å². The highest BCUT2D eigenvalue weighted by atomic mass is 19.4. The highest BCUT2D eigenvalue weighted by Gasteiger charge is 2.36. The van der Waals surface area contributed by atoms with Crippen molar-refractivity contribution in [1.82, 2.24) is 5.32 Å². The van der Waals surface area contributed by atoms with Crippen molar-refractivity contribution in [1.29, 1.82) is 5.26 Å². The number of nitrogens with one attached hydrogen (secondary N) is 1. The lowest BCUT2D eigenvalue weighted by Crippen LogP contribution is -2.25. The lowest BCUT2D eigenvalue weighted by Gasteiger charge is -2.22. The van der Waals surface area contributed by atoms with Crippen molar-refractivity contribution >= 4 is 0 Å². The smallest absolute Gasteiger partial charge is 0.390 e. The summed E-state index contributed by atoms with van der Waals surface area (Å²) in [6, 6.07) is 4.49. The molecule has 0 aliphatic carbocycles. The normalized spacial score (nSPS) is 14.7. The largest absolute Gasteiger partial charge is 0.416 e. The Kier molecular flexibility index (Phi) is 5.51. The fourth-order valence-electron chi connectivity index (χ4n) is 1.79. The maximum atomic E-state index is 12.9. The summed E-state index contributed by atoms with van der Waals surface area (Å²) in [6.07, 6.45) is -7.58. The average Bonchev–Trinajstić information content (AvgIpc) is 2.42. The summed E-state index contributed by atoms with van der Waals surface area (Å²) >= 11 is 0. The summed E-state index contributed by atoms with van der Waals surface area (Å²) in [4.78, 5) is 0. The molecule has 0 aromatic heterocycles. The fourth-order valence-corrected chi connectivity index (χ4v) is 1.79. The summed E-state index contributed by atoms with van der Waals surface area (Å²) < 4.78 is 38.8. The molecule has 0 saturated carbocycles. The van der Waals surface area contributed by atoms with Crippen LogP contribution in [0.15, 0.2) is 18.2 Å². The number of nitrogens with zero attached hydrogens (tertiary/aromatic N) is 1. The van der Waals surface area contributed by atoms with Crippen LogP contribution in [0.1, 0.15) is 29.2 Å². The van der Waals surface area contributed by atoms with Gasteiger partial charge in [0.25, 0.3) is 0 Å². The lowest BCUT2D eigenvalue weighted by molar-refractivity contribution is -0.140. The van der Waals surface area contributed by atoms with Gasteiger partial charge in [0.1, 0.15) is 6.10 Å². The quantitative estimate of drug-likeness (QED) is 0.769. The molecule has 1 aromatic carbocycles. The molecule has 0 aliphatic heterocycles. The number of aliphatic hydroxyl groups is 2. The molecular weight excluding hydrogens is 273 g/mol. The molecule has 0 heterocycles. The van der Waals surface area contributed by atoms with Crippen molar-refractivity contribution in [3.63, 3.8) is 0 Å². The van der Waals surface area contributed by atoms with Crippen LogP contribution in [-0.2, 0) is 6.18 Å². The maximum Gasteiger partial charge on any atom is 0.416 e. The first-order valence-corrected chi connectivity index (χ1v) is 5.93. The van der Waals surface area contributed by atoms with Crippen LogP contribution in [0.3, 0.4) is 0 Å². The van der Waals surface area contributed by atoms with E-state index in [4.69, 9.17) is 5.26 Å². The van der Waals surface area contributed by atoms with Crippen molar-refractivity contribution < 1.29 is 23.4 Å². The second-order valence-electron chi connectivity index (χ2n) is 4.32. The zero-order valence-electron chi connectivity index (χ0n) is 10.8. The van der Waals surface area contributed by atoms with Gasteiger partial charge in [-0.05, 0) is 37.7 Å². The highest BCUT2D eigenvalue weighted by molar-refractivity contribution is 5.41. The van der Waals surface area contributed by atoms with Gasteiger partial charge in [0, 0.05) is 0 Å². The van der Waals surface area contributed by atoms with Gasteiger partial charge in [-0.1, -0.05) is 6.07 Å². The SMILES string of the molecule is CNCCC(O)C(O)c1ccc(C#N)cc1C(F)(F)F. The predicted molar refractivity (Wildman–Crippen MR) is 65.7 cm³/mol. The van der Waals surface area contributed by atoms with Gasteiger partial charge in [-0.2, -0.15) is 18.4 Å². The second-order valence-corrected chi connectivity index (χ2v) is 4.32. The summed E-state index contributed by atoms with van der Waals surface area (Å²) in [7, 11) is 1.63. The topological polar surface area (TPSA) is 76.3 Å². The van der Waals surface area contributed by atoms with Gasteiger partial charge in [0.2, 0.25) is 0 Å². The Morgan fingerprint density at radius 3 is 2.50 bits per heavy atom. The molecular formula is C13H15F3N2O2. The van der Waals surface area contributed by atoms with Crippen LogP contribution in [0.25, 0.3) is 0 Å². The predicted octanol–water partition coefficient (Wildman–Crippen LogP) is 1.58. The highest BCUT2D eigenvalue weighted by Crippen LogP contribution is 2.36. The first kappa shape index (κ1) is 16.4. The number of nitriles is 1. The Morgan fingerprint density at radius 1 is 1.35 bits per heavy atom. The molecule has 4 nitrogen and oxygen atoms in total. The van der Waals surface area contributed by atoms with Crippen LogP contribution in [-0.4, -0.2) is 29.9 Å². The van der Waals surface area contributed by atoms with Crippen LogP contribution in [0.4, 0.5) is 13.2 Å². The summed E-state index contributed by atoms with van der Waals surface area (Å²) in [5.41, 5.74) is -1.69. The molecule has 0 saturated heterocycles. The molecule has 0 bridgehead atoms. The Morgan fingerprint density at radius 2 is 2.00 bits per heavy atom. The summed E-state index contributed by atoms with van der Waals surface area (Å²) in [6.45, 7) is 0.357. The van der Waals surface area contributed by atoms with E-state index in [1.165, 1.54) is 6.07 Å². The molecule has 2 atom stereocenters. The van der Waals surface area contributed by atoms with Crippen LogP contribution in [0, 0.1) is 11.3 Å². The van der Waals surface area contributed by atoms with Crippen molar-refractivity contribution in [2.45, 2.75) is 24.8 Å². The van der Waals surface area contributed by atoms with E-state index in [1.807, 2.05) is 0 Å². The zero-order chi connectivity index (χ0) is 15.3. The molecule has 1 aromatic rings. The Labute approximate surface area is 114 Å². The third kappa shape index (κ3) is 3.93. The van der Waals surface area contributed by atoms with E-state index in [1.54, 1.807) is 13.1 Å². The number of halogens is 3. The van der Waals surface area contributed by atoms with Gasteiger partial charge in [0.05, 0.1) is 23.3 Å². The summed E-state index contributed by atoms with van der Waals surface area (Å²) in [5, 5.41) is 30.9. The third-order valence-corrected chi connectivity index (χ3v) is 2.86. The molecule has 1 rings (SSSR count). The molecule has 2 unspecified atom stereocenters. The number of benzene rings is 1. The lowest BCUT2D eigenvalue weighted by atomic mass is 9.95. The number of hydrogen-bond donors (Lipinski definition) is 3. The van der Waals surface area contributed by atoms with Crippen LogP contribution < -0.4 is 5.32 Å². The van der Waals surface area contributed by atoms with Gasteiger partial charge in [-0.3, -0.25) is 0 Å². The van der Waals surface area contributed by atoms with Crippen molar-refractivity contribution in [3.05, 3.63) is 34.9 Å². The van der Waals surface area contributed by atoms with E-state index in [0.29, 0.717) is 12.6 Å². The van der Waals surface area contributed by atoms with E-state index in [-0.39, 0.29) is 12.0 Å². The van der Waals surface area contributed by atoms with Gasteiger partial charge in [-0.25, -0.2) is 0 Å². The molecule has 0 fully saturated rings. The molecule has 0 aliphatic rings. The van der Waals surface area contributed by atoms with Crippen LogP contribution >= 0.6 is 0 Å². The van der Waals surface area contributed by atoms with Crippen LogP contribution in [0.2, 0.25) is 0 Å². The maximum absolute atomic E-state index is 12.9. The second kappa shape index (κ2) is 6.70. The molecule has 0 radical (unpaired) electrons. The van der Waals surface area contributed by atoms with E-state index < -0.39 is 29.5 Å². The fraction of sp³-hybridized carbons (Fsp3) is 0.462. The van der Waals surface area contributed by atoms with Crippen molar-refractivity contribution in [2.24, 2.45) is 0 Å². The molecule has 7 heteroatoms. The van der Waals surface area contributed by atoms with E-state index in [2.05, 4.69) is 5.32 Å². The van der Waals surface area contributed by atoms with Crippen molar-refractivity contribution in [3.8, 4) is 6.07 Å². The minimum Gasteiger partial charge on any atom is -0.390 e. The van der Waals surface area contributed by atoms with Gasteiger partial charge >= 0.3 is 6.18 Å². The van der Waals surface area contributed by atoms with Crippen molar-refractivity contribution in [2.75, 3.05) is 13.6 Å². The Balaban J connectivity index is 3.14. The molecule has 3 N–H and O–H groups in total. The number of aliphatic hydroxyl groups excluding tert-OH is 2. The Hall–Kier alpha value is -1.62. The minimum atomic E-state index is -4.70. The number of alkyl halides is 3. The Bertz CT molecular complexity index is 497. The summed E-state index contributed by atoms with van der Waals surface area (Å²) in [5.74, 6) is 0. The minimum absolute atomic E-state index is 0.106. The van der Waals surface area contributed by atoms with E-state index >= 15 is 0 Å². The monoisotopic (exact) mass is 288 g/mol. The molecule has 20 heavy (non-hydrogen) atoms. The molecule has 0 amide bonds. The average molecular weight is 288 g/mol. The first-order valence-electron chi connectivity index (χ1n) is 5.93. The van der Waals surface area contributed by atoms with Gasteiger partial charge < -0.3 is 15.5 Å². The molecule has 0 spiro atoms.